The summed E-state index contributed by atoms with van der Waals surface area (Å²) < 4.78 is 8.17. The number of fused-ring (bicyclic) bond motifs is 1. The van der Waals surface area contributed by atoms with Crippen molar-refractivity contribution in [2.75, 3.05) is 0 Å². The Morgan fingerprint density at radius 2 is 1.86 bits per heavy atom. The predicted molar refractivity (Wildman–Crippen MR) is 150 cm³/mol. The van der Waals surface area contributed by atoms with Crippen LogP contribution in [0.5, 0.6) is 0 Å². The molecule has 1 saturated carbocycles. The second-order valence-electron chi connectivity index (χ2n) is 9.05. The monoisotopic (exact) mass is 531 g/mol. The maximum Gasteiger partial charge on any atom is 0.267 e. The topological polar surface area (TPSA) is 58.7 Å². The third kappa shape index (κ3) is 4.90. The molecule has 1 aliphatic carbocycles. The Morgan fingerprint density at radius 3 is 2.69 bits per heavy atom. The van der Waals surface area contributed by atoms with Gasteiger partial charge in [0.25, 0.3) is 5.91 Å². The van der Waals surface area contributed by atoms with Crippen LogP contribution in [0.15, 0.2) is 90.5 Å². The number of thiazole rings is 1. The van der Waals surface area contributed by atoms with E-state index in [-0.39, 0.29) is 11.9 Å². The number of hydrogen-bond acceptors (Lipinski definition) is 7. The Kier molecular flexibility index (Phi) is 6.73. The van der Waals surface area contributed by atoms with Gasteiger partial charge in [-0.15, -0.1) is 11.3 Å². The number of thioether (sulfide) groups is 1. The number of carbonyl (C=O) groups is 1. The largest absolute Gasteiger partial charge is 0.450 e. The summed E-state index contributed by atoms with van der Waals surface area (Å²) in [5, 5.41) is 1.51. The molecule has 2 atom stereocenters. The predicted octanol–water partition coefficient (Wildman–Crippen LogP) is 8.22. The summed E-state index contributed by atoms with van der Waals surface area (Å²) in [7, 11) is 0. The number of furan rings is 1. The molecule has 6 rings (SSSR count). The minimum atomic E-state index is 0.0187. The zero-order valence-electron chi connectivity index (χ0n) is 19.8. The normalized spacial score (nSPS) is 22.8. The van der Waals surface area contributed by atoms with Crippen LogP contribution in [0.1, 0.15) is 38.4 Å². The average Bonchev–Trinajstić information content (AvgIpc) is 3.58. The first kappa shape index (κ1) is 23.6. The van der Waals surface area contributed by atoms with Gasteiger partial charge in [0.15, 0.2) is 14.6 Å². The lowest BCUT2D eigenvalue weighted by atomic mass is 9.85. The first-order chi connectivity index (χ1) is 17.6. The molecule has 1 amide bonds. The molecule has 0 spiro atoms. The van der Waals surface area contributed by atoms with Crippen LogP contribution in [0.4, 0.5) is 5.69 Å². The Hall–Kier alpha value is -2.81. The van der Waals surface area contributed by atoms with E-state index in [1.807, 2.05) is 71.6 Å². The second-order valence-corrected chi connectivity index (χ2v) is 12.3. The van der Waals surface area contributed by atoms with Crippen molar-refractivity contribution >= 4 is 67.9 Å². The van der Waals surface area contributed by atoms with Gasteiger partial charge in [0.05, 0.1) is 20.8 Å². The summed E-state index contributed by atoms with van der Waals surface area (Å²) in [6.45, 7) is 2.25. The molecule has 1 saturated heterocycles. The summed E-state index contributed by atoms with van der Waals surface area (Å²) in [5.41, 5.74) is 1.85. The van der Waals surface area contributed by atoms with Gasteiger partial charge in [-0.2, -0.15) is 0 Å². The highest BCUT2D eigenvalue weighted by atomic mass is 32.2. The number of aromatic nitrogens is 1. The van der Waals surface area contributed by atoms with Gasteiger partial charge in [-0.25, -0.2) is 9.98 Å². The molecular formula is C28H25N3O2S3. The summed E-state index contributed by atoms with van der Waals surface area (Å²) >= 11 is 4.59. The van der Waals surface area contributed by atoms with Crippen molar-refractivity contribution in [1.82, 2.24) is 9.88 Å². The smallest absolute Gasteiger partial charge is 0.267 e. The maximum atomic E-state index is 13.7. The highest BCUT2D eigenvalue weighted by Crippen LogP contribution is 2.41. The Bertz CT molecular complexity index is 1420. The van der Waals surface area contributed by atoms with Gasteiger partial charge >= 0.3 is 0 Å². The van der Waals surface area contributed by atoms with E-state index in [1.165, 1.54) is 29.9 Å². The molecule has 2 aromatic carbocycles. The Morgan fingerprint density at radius 1 is 1.06 bits per heavy atom. The van der Waals surface area contributed by atoms with Crippen LogP contribution in [0, 0.1) is 5.92 Å². The standard InChI is InChI=1S/C28H25N3O2S3/c1-18-9-5-7-13-22(18)31-26(32)24(34-27(31)29-19-10-3-2-4-11-19)17-20-15-16-25(33-20)36-28-30-21-12-6-8-14-23(21)35-28/h2-4,6,8,10-12,14-18,22H,5,7,9,13H2,1H3/b24-17-,29-27?/t18-,22+/m1/s1. The van der Waals surface area contributed by atoms with Gasteiger partial charge in [-0.3, -0.25) is 9.69 Å². The number of nitrogens with zero attached hydrogens (tertiary/aromatic N) is 3. The molecule has 182 valence electrons. The summed E-state index contributed by atoms with van der Waals surface area (Å²) in [6.07, 6.45) is 6.37. The van der Waals surface area contributed by atoms with E-state index in [1.54, 1.807) is 11.3 Å². The number of amidine groups is 1. The minimum Gasteiger partial charge on any atom is -0.450 e. The number of benzene rings is 2. The van der Waals surface area contributed by atoms with Crippen LogP contribution in [0.25, 0.3) is 16.3 Å². The van der Waals surface area contributed by atoms with Crippen molar-refractivity contribution in [2.45, 2.75) is 48.1 Å². The van der Waals surface area contributed by atoms with Gasteiger partial charge in [0.2, 0.25) is 0 Å². The van der Waals surface area contributed by atoms with E-state index in [0.717, 1.165) is 49.8 Å². The molecule has 1 aliphatic heterocycles. The maximum absolute atomic E-state index is 13.7. The van der Waals surface area contributed by atoms with Crippen molar-refractivity contribution in [3.63, 3.8) is 0 Å². The lowest BCUT2D eigenvalue weighted by Gasteiger charge is -2.35. The van der Waals surface area contributed by atoms with Gasteiger partial charge in [0, 0.05) is 12.1 Å². The number of rotatable bonds is 5. The molecule has 5 nitrogen and oxygen atoms in total. The minimum absolute atomic E-state index is 0.0187. The van der Waals surface area contributed by atoms with Crippen LogP contribution in [0.2, 0.25) is 0 Å². The van der Waals surface area contributed by atoms with Gasteiger partial charge in [0.1, 0.15) is 5.76 Å². The van der Waals surface area contributed by atoms with E-state index in [4.69, 9.17) is 9.41 Å². The quantitative estimate of drug-likeness (QED) is 0.243. The van der Waals surface area contributed by atoms with Gasteiger partial charge in [-0.05, 0) is 78.7 Å². The van der Waals surface area contributed by atoms with E-state index in [2.05, 4.69) is 18.0 Å². The number of carbonyl (C=O) groups excluding carboxylic acids is 1. The van der Waals surface area contributed by atoms with E-state index >= 15 is 0 Å². The molecule has 0 unspecified atom stereocenters. The molecule has 0 N–H and O–H groups in total. The third-order valence-electron chi connectivity index (χ3n) is 6.55. The fourth-order valence-corrected chi connectivity index (χ4v) is 7.72. The van der Waals surface area contributed by atoms with Gasteiger partial charge in [-0.1, -0.05) is 50.1 Å². The van der Waals surface area contributed by atoms with E-state index < -0.39 is 0 Å². The highest BCUT2D eigenvalue weighted by Gasteiger charge is 2.41. The molecule has 2 aromatic heterocycles. The molecule has 4 aromatic rings. The van der Waals surface area contributed by atoms with Crippen molar-refractivity contribution in [3.8, 4) is 0 Å². The molecule has 0 bridgehead atoms. The molecule has 2 fully saturated rings. The zero-order valence-corrected chi connectivity index (χ0v) is 22.2. The molecule has 8 heteroatoms. The molecule has 36 heavy (non-hydrogen) atoms. The summed E-state index contributed by atoms with van der Waals surface area (Å²) in [4.78, 5) is 25.8. The number of amides is 1. The molecule has 2 aliphatic rings. The average molecular weight is 532 g/mol. The van der Waals surface area contributed by atoms with Crippen molar-refractivity contribution < 1.29 is 9.21 Å². The number of aliphatic imine (C=N–C) groups is 1. The number of hydrogen-bond donors (Lipinski definition) is 0. The first-order valence-electron chi connectivity index (χ1n) is 12.1. The number of para-hydroxylation sites is 2. The Labute approximate surface area is 222 Å². The van der Waals surface area contributed by atoms with Crippen molar-refractivity contribution in [3.05, 3.63) is 77.4 Å². The lowest BCUT2D eigenvalue weighted by Crippen LogP contribution is -2.44. The lowest BCUT2D eigenvalue weighted by molar-refractivity contribution is -0.124. The molecule has 0 radical (unpaired) electrons. The van der Waals surface area contributed by atoms with Crippen LogP contribution < -0.4 is 0 Å². The molecule has 3 heterocycles. The van der Waals surface area contributed by atoms with Crippen molar-refractivity contribution in [2.24, 2.45) is 10.9 Å². The van der Waals surface area contributed by atoms with Crippen LogP contribution in [0.3, 0.4) is 0 Å². The Balaban J connectivity index is 1.27. The van der Waals surface area contributed by atoms with Crippen LogP contribution in [-0.4, -0.2) is 27.0 Å². The fraction of sp³-hybridized carbons (Fsp3) is 0.250. The van der Waals surface area contributed by atoms with Crippen LogP contribution in [-0.2, 0) is 4.79 Å². The van der Waals surface area contributed by atoms with E-state index in [0.29, 0.717) is 16.6 Å². The van der Waals surface area contributed by atoms with E-state index in [9.17, 15) is 4.79 Å². The third-order valence-corrected chi connectivity index (χ3v) is 9.55. The fourth-order valence-electron chi connectivity index (χ4n) is 4.73. The highest BCUT2D eigenvalue weighted by molar-refractivity contribution is 8.18. The summed E-state index contributed by atoms with van der Waals surface area (Å²) in [6, 6.07) is 22.0. The summed E-state index contributed by atoms with van der Waals surface area (Å²) in [5.74, 6) is 1.13. The molecular weight excluding hydrogens is 507 g/mol. The van der Waals surface area contributed by atoms with Crippen molar-refractivity contribution in [1.29, 1.82) is 0 Å². The van der Waals surface area contributed by atoms with Gasteiger partial charge < -0.3 is 4.42 Å². The first-order valence-corrected chi connectivity index (χ1v) is 14.6. The van der Waals surface area contributed by atoms with Crippen LogP contribution >= 0.6 is 34.9 Å². The second kappa shape index (κ2) is 10.3. The SMILES string of the molecule is C[C@@H]1CCCC[C@@H]1N1C(=O)/C(=C/c2ccc(Sc3nc4ccccc4s3)o2)SC1=Nc1ccccc1. The zero-order chi connectivity index (χ0) is 24.5.